The Morgan fingerprint density at radius 3 is 2.69 bits per heavy atom. The van der Waals surface area contributed by atoms with Gasteiger partial charge in [0.2, 0.25) is 0 Å². The summed E-state index contributed by atoms with van der Waals surface area (Å²) >= 11 is 0. The molecule has 1 aliphatic carbocycles. The molecule has 26 heavy (non-hydrogen) atoms. The van der Waals surface area contributed by atoms with E-state index in [0.717, 1.165) is 18.4 Å². The van der Waals surface area contributed by atoms with Gasteiger partial charge < -0.3 is 16.4 Å². The fourth-order valence-electron chi connectivity index (χ4n) is 3.22. The van der Waals surface area contributed by atoms with Gasteiger partial charge in [0.15, 0.2) is 5.96 Å². The zero-order valence-corrected chi connectivity index (χ0v) is 15.8. The summed E-state index contributed by atoms with van der Waals surface area (Å²) < 4.78 is 0. The van der Waals surface area contributed by atoms with E-state index >= 15 is 0 Å². The minimum atomic E-state index is -0.785. The Kier molecular flexibility index (Phi) is 4.42. The van der Waals surface area contributed by atoms with Crippen LogP contribution in [0.3, 0.4) is 0 Å². The maximum absolute atomic E-state index is 12.8. The summed E-state index contributed by atoms with van der Waals surface area (Å²) in [5, 5.41) is 5.97. The summed E-state index contributed by atoms with van der Waals surface area (Å²) in [5.41, 5.74) is 6.39. The van der Waals surface area contributed by atoms with Crippen LogP contribution in [0.2, 0.25) is 0 Å². The largest absolute Gasteiger partial charge is 0.370 e. The molecule has 0 spiro atoms. The number of amides is 3. The van der Waals surface area contributed by atoms with Crippen molar-refractivity contribution in [2.45, 2.75) is 58.2 Å². The van der Waals surface area contributed by atoms with Crippen molar-refractivity contribution in [3.63, 3.8) is 0 Å². The number of rotatable bonds is 4. The van der Waals surface area contributed by atoms with Gasteiger partial charge in [-0.3, -0.25) is 4.79 Å². The van der Waals surface area contributed by atoms with Gasteiger partial charge in [0, 0.05) is 5.54 Å². The summed E-state index contributed by atoms with van der Waals surface area (Å²) in [6.07, 6.45) is 1.95. The van der Waals surface area contributed by atoms with Crippen LogP contribution in [0.15, 0.2) is 29.3 Å². The molecule has 1 saturated heterocycles. The lowest BCUT2D eigenvalue weighted by atomic mass is 9.96. The Balaban J connectivity index is 1.76. The van der Waals surface area contributed by atoms with E-state index in [9.17, 15) is 9.59 Å². The van der Waals surface area contributed by atoms with Gasteiger partial charge in [0.1, 0.15) is 5.54 Å². The van der Waals surface area contributed by atoms with E-state index in [2.05, 4.69) is 15.6 Å². The van der Waals surface area contributed by atoms with E-state index in [0.29, 0.717) is 18.2 Å². The number of guanidine groups is 1. The van der Waals surface area contributed by atoms with Gasteiger partial charge in [-0.15, -0.1) is 0 Å². The molecule has 7 heteroatoms. The van der Waals surface area contributed by atoms with Gasteiger partial charge in [0.25, 0.3) is 5.91 Å². The van der Waals surface area contributed by atoms with Crippen molar-refractivity contribution in [2.75, 3.05) is 4.90 Å². The van der Waals surface area contributed by atoms with Gasteiger partial charge in [-0.2, -0.15) is 0 Å². The summed E-state index contributed by atoms with van der Waals surface area (Å²) in [6, 6.07) is 6.93. The van der Waals surface area contributed by atoms with Gasteiger partial charge >= 0.3 is 6.03 Å². The molecule has 0 aromatic heterocycles. The first-order chi connectivity index (χ1) is 12.1. The first-order valence-corrected chi connectivity index (χ1v) is 8.94. The predicted molar refractivity (Wildman–Crippen MR) is 102 cm³/mol. The van der Waals surface area contributed by atoms with E-state index in [1.807, 2.05) is 45.9 Å². The molecule has 4 N–H and O–H groups in total. The summed E-state index contributed by atoms with van der Waals surface area (Å²) in [7, 11) is 0. The fourth-order valence-corrected chi connectivity index (χ4v) is 3.22. The molecule has 0 radical (unpaired) electrons. The number of nitrogens with one attached hydrogen (secondary N) is 2. The van der Waals surface area contributed by atoms with Crippen molar-refractivity contribution in [1.29, 1.82) is 0 Å². The van der Waals surface area contributed by atoms with Crippen LogP contribution in [-0.4, -0.2) is 29.0 Å². The molecular formula is C19H27N5O2. The highest BCUT2D eigenvalue weighted by Crippen LogP contribution is 2.43. The average Bonchev–Trinajstić information content (AvgIpc) is 3.34. The van der Waals surface area contributed by atoms with E-state index in [-0.39, 0.29) is 23.4 Å². The number of carbonyl (C=O) groups excluding carboxylic acids is 2. The Hall–Kier alpha value is -2.57. The SMILES string of the molecule is CC(C)(C)NC(N)=NCc1cccc(N2C(=O)NC(C)(C3CC3)C2=O)c1. The number of urea groups is 1. The second kappa shape index (κ2) is 6.30. The fraction of sp³-hybridized carbons (Fsp3) is 0.526. The molecule has 1 atom stereocenters. The quantitative estimate of drug-likeness (QED) is 0.436. The number of hydrogen-bond acceptors (Lipinski definition) is 3. The van der Waals surface area contributed by atoms with E-state index < -0.39 is 5.54 Å². The number of aliphatic imine (C=N–C) groups is 1. The molecule has 1 heterocycles. The molecule has 1 unspecified atom stereocenters. The van der Waals surface area contributed by atoms with Crippen molar-refractivity contribution in [1.82, 2.24) is 10.6 Å². The van der Waals surface area contributed by atoms with Gasteiger partial charge in [-0.05, 0) is 64.2 Å². The van der Waals surface area contributed by atoms with Crippen molar-refractivity contribution >= 4 is 23.6 Å². The van der Waals surface area contributed by atoms with Gasteiger partial charge in [-0.25, -0.2) is 14.7 Å². The lowest BCUT2D eigenvalue weighted by Crippen LogP contribution is -2.46. The molecule has 1 saturated carbocycles. The number of anilines is 1. The molecule has 140 valence electrons. The van der Waals surface area contributed by atoms with Gasteiger partial charge in [0.05, 0.1) is 12.2 Å². The minimum absolute atomic E-state index is 0.164. The van der Waals surface area contributed by atoms with Crippen LogP contribution in [0.4, 0.5) is 10.5 Å². The van der Waals surface area contributed by atoms with Crippen molar-refractivity contribution < 1.29 is 9.59 Å². The predicted octanol–water partition coefficient (Wildman–Crippen LogP) is 2.11. The van der Waals surface area contributed by atoms with Crippen LogP contribution in [0.5, 0.6) is 0 Å². The second-order valence-corrected chi connectivity index (χ2v) is 8.29. The topological polar surface area (TPSA) is 99.8 Å². The smallest absolute Gasteiger partial charge is 0.329 e. The monoisotopic (exact) mass is 357 g/mol. The van der Waals surface area contributed by atoms with Crippen molar-refractivity contribution in [2.24, 2.45) is 16.6 Å². The van der Waals surface area contributed by atoms with Crippen LogP contribution >= 0.6 is 0 Å². The van der Waals surface area contributed by atoms with Crippen LogP contribution < -0.4 is 21.3 Å². The Morgan fingerprint density at radius 2 is 2.08 bits per heavy atom. The van der Waals surface area contributed by atoms with E-state index in [1.165, 1.54) is 4.90 Å². The minimum Gasteiger partial charge on any atom is -0.370 e. The normalized spacial score (nSPS) is 24.0. The number of imide groups is 1. The number of benzene rings is 1. The molecule has 0 bridgehead atoms. The Labute approximate surface area is 154 Å². The first kappa shape index (κ1) is 18.2. The lowest BCUT2D eigenvalue weighted by molar-refractivity contribution is -0.122. The second-order valence-electron chi connectivity index (χ2n) is 8.29. The zero-order valence-electron chi connectivity index (χ0n) is 15.8. The molecule has 2 fully saturated rings. The number of nitrogens with two attached hydrogens (primary N) is 1. The highest BCUT2D eigenvalue weighted by Gasteiger charge is 2.56. The molecule has 1 aromatic rings. The lowest BCUT2D eigenvalue weighted by Gasteiger charge is -2.21. The first-order valence-electron chi connectivity index (χ1n) is 8.94. The van der Waals surface area contributed by atoms with Crippen molar-refractivity contribution in [3.8, 4) is 0 Å². The summed E-state index contributed by atoms with van der Waals surface area (Å²) in [4.78, 5) is 30.8. The summed E-state index contributed by atoms with van der Waals surface area (Å²) in [6.45, 7) is 8.20. The molecule has 1 aliphatic heterocycles. The maximum atomic E-state index is 12.8. The highest BCUT2D eigenvalue weighted by molar-refractivity contribution is 6.23. The Bertz CT molecular complexity index is 763. The van der Waals surface area contributed by atoms with Gasteiger partial charge in [-0.1, -0.05) is 12.1 Å². The van der Waals surface area contributed by atoms with E-state index in [4.69, 9.17) is 5.73 Å². The van der Waals surface area contributed by atoms with Crippen LogP contribution in [0.25, 0.3) is 0 Å². The molecule has 3 amide bonds. The number of hydrogen-bond donors (Lipinski definition) is 3. The van der Waals surface area contributed by atoms with Crippen molar-refractivity contribution in [3.05, 3.63) is 29.8 Å². The molecular weight excluding hydrogens is 330 g/mol. The van der Waals surface area contributed by atoms with E-state index in [1.54, 1.807) is 6.07 Å². The molecule has 7 nitrogen and oxygen atoms in total. The summed E-state index contributed by atoms with van der Waals surface area (Å²) in [5.74, 6) is 0.416. The standard InChI is InChI=1S/C19H27N5O2/c1-18(2,3)22-16(20)21-11-12-6-5-7-14(10-12)24-15(25)19(4,13-8-9-13)23-17(24)26/h5-7,10,13H,8-9,11H2,1-4H3,(H,23,26)(H3,20,21,22). The third-order valence-electron chi connectivity index (χ3n) is 4.71. The number of nitrogens with zero attached hydrogens (tertiary/aromatic N) is 2. The zero-order chi connectivity index (χ0) is 19.1. The number of carbonyl (C=O) groups is 2. The van der Waals surface area contributed by atoms with Crippen LogP contribution in [0.1, 0.15) is 46.1 Å². The maximum Gasteiger partial charge on any atom is 0.329 e. The third-order valence-corrected chi connectivity index (χ3v) is 4.71. The molecule has 2 aliphatic rings. The van der Waals surface area contributed by atoms with Crippen LogP contribution in [-0.2, 0) is 11.3 Å². The molecule has 3 rings (SSSR count). The molecule has 1 aromatic carbocycles. The van der Waals surface area contributed by atoms with Crippen LogP contribution in [0, 0.1) is 5.92 Å². The Morgan fingerprint density at radius 1 is 1.38 bits per heavy atom. The highest BCUT2D eigenvalue weighted by atomic mass is 16.2. The average molecular weight is 357 g/mol. The third kappa shape index (κ3) is 3.66.